The van der Waals surface area contributed by atoms with Crippen molar-refractivity contribution in [2.45, 2.75) is 45.6 Å². The minimum absolute atomic E-state index is 0. The van der Waals surface area contributed by atoms with E-state index >= 15 is 0 Å². The average Bonchev–Trinajstić information content (AvgIpc) is 3.12. The molecule has 0 aromatic carbocycles. The van der Waals surface area contributed by atoms with E-state index in [0.717, 1.165) is 17.0 Å². The van der Waals surface area contributed by atoms with Crippen LogP contribution < -0.4 is 10.6 Å². The molecule has 1 aliphatic rings. The van der Waals surface area contributed by atoms with Crippen LogP contribution in [0.2, 0.25) is 0 Å². The predicted octanol–water partition coefficient (Wildman–Crippen LogP) is 2.07. The Morgan fingerprint density at radius 2 is 2.07 bits per heavy atom. The molecule has 11 heteroatoms. The fraction of sp³-hybridized carbons (Fsp3) is 0.765. The van der Waals surface area contributed by atoms with Crippen molar-refractivity contribution in [1.29, 1.82) is 0 Å². The molecule has 162 valence electrons. The van der Waals surface area contributed by atoms with E-state index in [0.29, 0.717) is 45.2 Å². The van der Waals surface area contributed by atoms with Crippen molar-refractivity contribution >= 4 is 29.9 Å². The molecule has 0 aliphatic carbocycles. The highest BCUT2D eigenvalue weighted by atomic mass is 127. The van der Waals surface area contributed by atoms with E-state index < -0.39 is 12.7 Å². The summed E-state index contributed by atoms with van der Waals surface area (Å²) in [5.74, 6) is 0.581. The Morgan fingerprint density at radius 3 is 2.68 bits per heavy atom. The van der Waals surface area contributed by atoms with Crippen LogP contribution in [-0.4, -0.2) is 73.3 Å². The number of hydrogen-bond acceptors (Lipinski definition) is 4. The molecule has 1 saturated heterocycles. The summed E-state index contributed by atoms with van der Waals surface area (Å²) < 4.78 is 44.6. The quantitative estimate of drug-likeness (QED) is 0.329. The van der Waals surface area contributed by atoms with Crippen LogP contribution in [0.25, 0.3) is 0 Å². The molecule has 2 heterocycles. The number of halogens is 4. The van der Waals surface area contributed by atoms with Crippen LogP contribution in [0.3, 0.4) is 0 Å². The molecule has 1 atom stereocenters. The minimum atomic E-state index is -4.16. The van der Waals surface area contributed by atoms with Gasteiger partial charge >= 0.3 is 6.18 Å². The normalized spacial score (nSPS) is 18.2. The summed E-state index contributed by atoms with van der Waals surface area (Å²) in [6, 6.07) is -0.0508. The summed E-state index contributed by atoms with van der Waals surface area (Å²) in [4.78, 5) is 5.60. The first-order chi connectivity index (χ1) is 12.7. The number of hydrogen-bond donors (Lipinski definition) is 2. The number of rotatable bonds is 7. The van der Waals surface area contributed by atoms with Gasteiger partial charge in [0.1, 0.15) is 0 Å². The largest absolute Gasteiger partial charge is 0.401 e. The first kappa shape index (κ1) is 25.0. The molecular formula is C17H30F3IN6O. The number of guanidine groups is 1. The maximum atomic E-state index is 12.5. The average molecular weight is 518 g/mol. The van der Waals surface area contributed by atoms with Crippen molar-refractivity contribution in [1.82, 2.24) is 25.3 Å². The van der Waals surface area contributed by atoms with Crippen molar-refractivity contribution in [3.05, 3.63) is 17.0 Å². The highest BCUT2D eigenvalue weighted by Crippen LogP contribution is 2.20. The van der Waals surface area contributed by atoms with Gasteiger partial charge in [0.15, 0.2) is 5.96 Å². The van der Waals surface area contributed by atoms with Crippen LogP contribution in [0, 0.1) is 13.8 Å². The molecule has 2 N–H and O–H groups in total. The highest BCUT2D eigenvalue weighted by molar-refractivity contribution is 14.0. The van der Waals surface area contributed by atoms with E-state index in [2.05, 4.69) is 20.7 Å². The first-order valence-corrected chi connectivity index (χ1v) is 9.01. The molecule has 2 rings (SSSR count). The fourth-order valence-electron chi connectivity index (χ4n) is 3.29. The Hall–Kier alpha value is -1.08. The second kappa shape index (κ2) is 11.2. The van der Waals surface area contributed by atoms with Crippen LogP contribution in [0.15, 0.2) is 4.99 Å². The third-order valence-electron chi connectivity index (χ3n) is 4.71. The number of alkyl halides is 3. The SMILES string of the molecule is CN=C(NCc1c(C)nn(CCOC)c1C)NC1CCN(CC(F)(F)F)C1.I. The van der Waals surface area contributed by atoms with Crippen LogP contribution in [0.5, 0.6) is 0 Å². The summed E-state index contributed by atoms with van der Waals surface area (Å²) in [6.07, 6.45) is -3.50. The number of nitrogens with one attached hydrogen (secondary N) is 2. The first-order valence-electron chi connectivity index (χ1n) is 9.01. The number of nitrogens with zero attached hydrogens (tertiary/aromatic N) is 4. The van der Waals surface area contributed by atoms with Gasteiger partial charge in [-0.05, 0) is 20.3 Å². The molecule has 7 nitrogen and oxygen atoms in total. The van der Waals surface area contributed by atoms with Crippen LogP contribution in [0.4, 0.5) is 13.2 Å². The molecule has 1 aromatic rings. The Bertz CT molecular complexity index is 650. The number of likely N-dealkylation sites (tertiary alicyclic amines) is 1. The second-order valence-corrected chi connectivity index (χ2v) is 6.77. The lowest BCUT2D eigenvalue weighted by Gasteiger charge is -2.20. The molecule has 0 spiro atoms. The Morgan fingerprint density at radius 1 is 1.36 bits per heavy atom. The topological polar surface area (TPSA) is 66.7 Å². The fourth-order valence-corrected chi connectivity index (χ4v) is 3.29. The van der Waals surface area contributed by atoms with E-state index in [1.54, 1.807) is 14.2 Å². The van der Waals surface area contributed by atoms with Gasteiger partial charge in [-0.15, -0.1) is 24.0 Å². The molecular weight excluding hydrogens is 488 g/mol. The Labute approximate surface area is 181 Å². The summed E-state index contributed by atoms with van der Waals surface area (Å²) in [5, 5.41) is 11.0. The van der Waals surface area contributed by atoms with Gasteiger partial charge in [-0.2, -0.15) is 18.3 Å². The maximum absolute atomic E-state index is 12.5. The number of ether oxygens (including phenoxy) is 1. The van der Waals surface area contributed by atoms with E-state index in [1.807, 2.05) is 18.5 Å². The zero-order valence-corrected chi connectivity index (χ0v) is 19.1. The van der Waals surface area contributed by atoms with Crippen molar-refractivity contribution in [2.24, 2.45) is 4.99 Å². The van der Waals surface area contributed by atoms with Gasteiger partial charge in [0.05, 0.1) is 25.4 Å². The molecule has 28 heavy (non-hydrogen) atoms. The molecule has 0 saturated carbocycles. The molecule has 0 amide bonds. The summed E-state index contributed by atoms with van der Waals surface area (Å²) in [7, 11) is 3.31. The molecule has 1 unspecified atom stereocenters. The van der Waals surface area contributed by atoms with E-state index in [-0.39, 0.29) is 30.0 Å². The smallest absolute Gasteiger partial charge is 0.383 e. The summed E-state index contributed by atoms with van der Waals surface area (Å²) >= 11 is 0. The van der Waals surface area contributed by atoms with E-state index in [1.165, 1.54) is 4.90 Å². The van der Waals surface area contributed by atoms with Gasteiger partial charge in [-0.3, -0.25) is 14.6 Å². The number of methoxy groups -OCH3 is 1. The monoisotopic (exact) mass is 518 g/mol. The minimum Gasteiger partial charge on any atom is -0.383 e. The molecule has 0 radical (unpaired) electrons. The van der Waals surface area contributed by atoms with Crippen molar-refractivity contribution in [2.75, 3.05) is 40.4 Å². The highest BCUT2D eigenvalue weighted by Gasteiger charge is 2.34. The number of aromatic nitrogens is 2. The van der Waals surface area contributed by atoms with E-state index in [4.69, 9.17) is 4.74 Å². The van der Waals surface area contributed by atoms with Gasteiger partial charge in [0.25, 0.3) is 0 Å². The Kier molecular flexibility index (Phi) is 9.98. The zero-order chi connectivity index (χ0) is 20.0. The lowest BCUT2D eigenvalue weighted by atomic mass is 10.2. The second-order valence-electron chi connectivity index (χ2n) is 6.77. The predicted molar refractivity (Wildman–Crippen MR) is 113 cm³/mol. The van der Waals surface area contributed by atoms with Gasteiger partial charge < -0.3 is 15.4 Å². The molecule has 1 aromatic heterocycles. The van der Waals surface area contributed by atoms with Gasteiger partial charge in [0.2, 0.25) is 0 Å². The number of aryl methyl sites for hydroxylation is 1. The molecule has 1 aliphatic heterocycles. The molecule has 1 fully saturated rings. The third kappa shape index (κ3) is 7.39. The maximum Gasteiger partial charge on any atom is 0.401 e. The lowest BCUT2D eigenvalue weighted by Crippen LogP contribution is -2.45. The van der Waals surface area contributed by atoms with Crippen molar-refractivity contribution < 1.29 is 17.9 Å². The van der Waals surface area contributed by atoms with Crippen LogP contribution in [0.1, 0.15) is 23.4 Å². The van der Waals surface area contributed by atoms with Gasteiger partial charge in [-0.1, -0.05) is 0 Å². The van der Waals surface area contributed by atoms with Gasteiger partial charge in [-0.25, -0.2) is 0 Å². The molecule has 0 bridgehead atoms. The van der Waals surface area contributed by atoms with E-state index in [9.17, 15) is 13.2 Å². The third-order valence-corrected chi connectivity index (χ3v) is 4.71. The van der Waals surface area contributed by atoms with Crippen LogP contribution >= 0.6 is 24.0 Å². The summed E-state index contributed by atoms with van der Waals surface area (Å²) in [6.45, 7) is 5.71. The van der Waals surface area contributed by atoms with Crippen molar-refractivity contribution in [3.63, 3.8) is 0 Å². The van der Waals surface area contributed by atoms with Crippen molar-refractivity contribution in [3.8, 4) is 0 Å². The Balaban J connectivity index is 0.00000392. The zero-order valence-electron chi connectivity index (χ0n) is 16.8. The summed E-state index contributed by atoms with van der Waals surface area (Å²) in [5.41, 5.74) is 3.08. The van der Waals surface area contributed by atoms with Gasteiger partial charge in [0, 0.05) is 51.1 Å². The standard InChI is InChI=1S/C17H29F3N6O.HI/c1-12-15(13(2)26(24-12)7-8-27-4)9-22-16(21-3)23-14-5-6-25(10-14)11-17(18,19)20;/h14H,5-11H2,1-4H3,(H2,21,22,23);1H. The van der Waals surface area contributed by atoms with Crippen LogP contribution in [-0.2, 0) is 17.8 Å². The number of aliphatic imine (C=N–C) groups is 1. The lowest BCUT2D eigenvalue weighted by molar-refractivity contribution is -0.143.